The number of piperazine rings is 1. The van der Waals surface area contributed by atoms with Gasteiger partial charge in [-0.3, -0.25) is 4.90 Å². The lowest BCUT2D eigenvalue weighted by molar-refractivity contribution is 0.0812. The molecule has 0 amide bonds. The van der Waals surface area contributed by atoms with Gasteiger partial charge in [0, 0.05) is 26.2 Å². The number of hydrogen-bond donors (Lipinski definition) is 0. The van der Waals surface area contributed by atoms with Crippen LogP contribution in [-0.2, 0) is 6.54 Å². The molecule has 3 rings (SSSR count). The summed E-state index contributed by atoms with van der Waals surface area (Å²) < 4.78 is 7.16. The molecule has 1 aliphatic rings. The van der Waals surface area contributed by atoms with Gasteiger partial charge in [-0.2, -0.15) is 0 Å². The van der Waals surface area contributed by atoms with Gasteiger partial charge in [0.2, 0.25) is 0 Å². The van der Waals surface area contributed by atoms with Gasteiger partial charge in [-0.1, -0.05) is 26.0 Å². The van der Waals surface area contributed by atoms with Gasteiger partial charge >= 0.3 is 0 Å². The minimum atomic E-state index is 0.238. The zero-order valence-corrected chi connectivity index (χ0v) is 15.6. The highest BCUT2D eigenvalue weighted by atomic mass is 16.5. The summed E-state index contributed by atoms with van der Waals surface area (Å²) in [5.74, 6) is 2.26. The zero-order chi connectivity index (χ0) is 17.8. The second-order valence-corrected chi connectivity index (χ2v) is 7.07. The fourth-order valence-corrected chi connectivity index (χ4v) is 3.42. The summed E-state index contributed by atoms with van der Waals surface area (Å²) in [7, 11) is 3.85. The van der Waals surface area contributed by atoms with E-state index in [0.717, 1.165) is 43.3 Å². The fourth-order valence-electron chi connectivity index (χ4n) is 3.42. The number of hydrogen-bond acceptors (Lipinski definition) is 6. The molecule has 0 N–H and O–H groups in total. The molecule has 136 valence electrons. The zero-order valence-electron chi connectivity index (χ0n) is 15.6. The Balaban J connectivity index is 1.79. The maximum Gasteiger partial charge on any atom is 0.169 e. The maximum atomic E-state index is 5.23. The Morgan fingerprint density at radius 2 is 1.76 bits per heavy atom. The second-order valence-electron chi connectivity index (χ2n) is 7.07. The molecule has 1 unspecified atom stereocenters. The Morgan fingerprint density at radius 1 is 1.08 bits per heavy atom. The molecule has 0 bridgehead atoms. The van der Waals surface area contributed by atoms with E-state index in [2.05, 4.69) is 58.4 Å². The van der Waals surface area contributed by atoms with E-state index < -0.39 is 0 Å². The third-order valence-corrected chi connectivity index (χ3v) is 4.88. The molecule has 0 saturated carbocycles. The summed E-state index contributed by atoms with van der Waals surface area (Å²) >= 11 is 0. The third-order valence-electron chi connectivity index (χ3n) is 4.88. The molecule has 0 radical (unpaired) electrons. The van der Waals surface area contributed by atoms with Crippen LogP contribution in [0.4, 0.5) is 0 Å². The number of tetrazole rings is 1. The van der Waals surface area contributed by atoms with Gasteiger partial charge in [0.05, 0.1) is 19.7 Å². The molecule has 1 atom stereocenters. The lowest BCUT2D eigenvalue weighted by Crippen LogP contribution is -2.47. The molecule has 0 aliphatic carbocycles. The van der Waals surface area contributed by atoms with Crippen LogP contribution in [0, 0.1) is 5.92 Å². The van der Waals surface area contributed by atoms with Crippen molar-refractivity contribution in [1.82, 2.24) is 30.0 Å². The quantitative estimate of drug-likeness (QED) is 0.795. The average molecular weight is 344 g/mol. The Morgan fingerprint density at radius 3 is 2.36 bits per heavy atom. The summed E-state index contributed by atoms with van der Waals surface area (Å²) in [6, 6.07) is 8.30. The van der Waals surface area contributed by atoms with Crippen molar-refractivity contribution < 1.29 is 4.74 Å². The standard InChI is InChI=1S/C18H28N6O/c1-14(2)17(23-11-9-22(3)10-12-23)18-19-20-21-24(18)13-15-5-7-16(25-4)8-6-15/h5-8,14,17H,9-13H2,1-4H3. The minimum absolute atomic E-state index is 0.238. The molecule has 1 aromatic heterocycles. The normalized spacial score (nSPS) is 17.8. The Hall–Kier alpha value is -1.99. The summed E-state index contributed by atoms with van der Waals surface area (Å²) in [6.07, 6.45) is 0. The van der Waals surface area contributed by atoms with Crippen LogP contribution >= 0.6 is 0 Å². The Labute approximate surface area is 149 Å². The van der Waals surface area contributed by atoms with Crippen molar-refractivity contribution in [2.75, 3.05) is 40.3 Å². The highest BCUT2D eigenvalue weighted by Gasteiger charge is 2.30. The van der Waals surface area contributed by atoms with Crippen molar-refractivity contribution in [3.05, 3.63) is 35.7 Å². The largest absolute Gasteiger partial charge is 0.497 e. The molecule has 2 aromatic rings. The summed E-state index contributed by atoms with van der Waals surface area (Å²) in [5.41, 5.74) is 1.16. The number of likely N-dealkylation sites (N-methyl/N-ethyl adjacent to an activating group) is 1. The number of ether oxygens (including phenoxy) is 1. The predicted molar refractivity (Wildman–Crippen MR) is 96.6 cm³/mol. The molecular weight excluding hydrogens is 316 g/mol. The minimum Gasteiger partial charge on any atom is -0.497 e. The molecular formula is C18H28N6O. The van der Waals surface area contributed by atoms with Crippen LogP contribution in [0.3, 0.4) is 0 Å². The van der Waals surface area contributed by atoms with Crippen LogP contribution < -0.4 is 4.74 Å². The van der Waals surface area contributed by atoms with Gasteiger partial charge in [-0.05, 0) is 41.1 Å². The predicted octanol–water partition coefficient (Wildman–Crippen LogP) is 1.67. The monoisotopic (exact) mass is 344 g/mol. The molecule has 2 heterocycles. The van der Waals surface area contributed by atoms with E-state index in [1.54, 1.807) is 7.11 Å². The third kappa shape index (κ3) is 4.16. The van der Waals surface area contributed by atoms with E-state index in [9.17, 15) is 0 Å². The van der Waals surface area contributed by atoms with Crippen molar-refractivity contribution in [3.8, 4) is 5.75 Å². The maximum absolute atomic E-state index is 5.23. The van der Waals surface area contributed by atoms with Crippen molar-refractivity contribution in [3.63, 3.8) is 0 Å². The lowest BCUT2D eigenvalue weighted by atomic mass is 10.0. The van der Waals surface area contributed by atoms with Gasteiger partial charge in [-0.15, -0.1) is 5.10 Å². The van der Waals surface area contributed by atoms with Gasteiger partial charge in [-0.25, -0.2) is 4.68 Å². The number of benzene rings is 1. The van der Waals surface area contributed by atoms with E-state index in [0.29, 0.717) is 12.5 Å². The highest BCUT2D eigenvalue weighted by Crippen LogP contribution is 2.28. The first-order valence-corrected chi connectivity index (χ1v) is 8.90. The average Bonchev–Trinajstić information content (AvgIpc) is 3.05. The molecule has 0 spiro atoms. The molecule has 1 aromatic carbocycles. The van der Waals surface area contributed by atoms with Crippen LogP contribution in [0.2, 0.25) is 0 Å². The highest BCUT2D eigenvalue weighted by molar-refractivity contribution is 5.27. The van der Waals surface area contributed by atoms with E-state index in [1.165, 1.54) is 0 Å². The van der Waals surface area contributed by atoms with Gasteiger partial charge < -0.3 is 9.64 Å². The van der Waals surface area contributed by atoms with Crippen LogP contribution in [-0.4, -0.2) is 70.3 Å². The van der Waals surface area contributed by atoms with E-state index in [4.69, 9.17) is 4.74 Å². The molecule has 1 saturated heterocycles. The van der Waals surface area contributed by atoms with E-state index in [-0.39, 0.29) is 6.04 Å². The van der Waals surface area contributed by atoms with E-state index >= 15 is 0 Å². The van der Waals surface area contributed by atoms with Gasteiger partial charge in [0.1, 0.15) is 5.75 Å². The van der Waals surface area contributed by atoms with Gasteiger partial charge in [0.15, 0.2) is 5.82 Å². The first kappa shape index (κ1) is 17.8. The smallest absolute Gasteiger partial charge is 0.169 e. The van der Waals surface area contributed by atoms with Crippen LogP contribution in [0.25, 0.3) is 0 Å². The van der Waals surface area contributed by atoms with Crippen LogP contribution in [0.5, 0.6) is 5.75 Å². The second kappa shape index (κ2) is 7.93. The first-order chi connectivity index (χ1) is 12.1. The van der Waals surface area contributed by atoms with Crippen molar-refractivity contribution in [2.24, 2.45) is 5.92 Å². The fraction of sp³-hybridized carbons (Fsp3) is 0.611. The number of nitrogens with zero attached hydrogens (tertiary/aromatic N) is 6. The Bertz CT molecular complexity index is 660. The van der Waals surface area contributed by atoms with Crippen molar-refractivity contribution in [1.29, 1.82) is 0 Å². The van der Waals surface area contributed by atoms with Crippen molar-refractivity contribution >= 4 is 0 Å². The topological polar surface area (TPSA) is 59.3 Å². The number of methoxy groups -OCH3 is 1. The molecule has 1 aliphatic heterocycles. The summed E-state index contributed by atoms with van der Waals surface area (Å²) in [5, 5.41) is 12.6. The molecule has 25 heavy (non-hydrogen) atoms. The Kier molecular flexibility index (Phi) is 5.65. The molecule has 1 fully saturated rings. The van der Waals surface area contributed by atoms with Crippen molar-refractivity contribution in [2.45, 2.75) is 26.4 Å². The van der Waals surface area contributed by atoms with E-state index in [1.807, 2.05) is 16.8 Å². The summed E-state index contributed by atoms with van der Waals surface area (Å²) in [6.45, 7) is 9.43. The lowest BCUT2D eigenvalue weighted by Gasteiger charge is -2.39. The SMILES string of the molecule is COc1ccc(Cn2nnnc2C(C(C)C)N2CCN(C)CC2)cc1. The molecule has 7 heteroatoms. The van der Waals surface area contributed by atoms with Crippen LogP contribution in [0.1, 0.15) is 31.3 Å². The summed E-state index contributed by atoms with van der Waals surface area (Å²) in [4.78, 5) is 4.88. The first-order valence-electron chi connectivity index (χ1n) is 8.90. The molecule has 7 nitrogen and oxygen atoms in total. The number of rotatable bonds is 6. The van der Waals surface area contributed by atoms with Gasteiger partial charge in [0.25, 0.3) is 0 Å². The van der Waals surface area contributed by atoms with Crippen LogP contribution in [0.15, 0.2) is 24.3 Å². The number of aromatic nitrogens is 4.